The molecule has 0 spiro atoms. The van der Waals surface area contributed by atoms with Crippen LogP contribution in [-0.2, 0) is 5.41 Å². The third-order valence-electron chi connectivity index (χ3n) is 4.61. The number of aryl methyl sites for hydroxylation is 3. The van der Waals surface area contributed by atoms with E-state index in [9.17, 15) is 0 Å². The zero-order chi connectivity index (χ0) is 19.8. The summed E-state index contributed by atoms with van der Waals surface area (Å²) in [5, 5.41) is 9.10. The SMILES string of the molecule is Cc1cc(C)cc(-c2ncc(-c3ccc(C#N)cc3C)nc2C(C)(C)C)c1. The van der Waals surface area contributed by atoms with Gasteiger partial charge in [0, 0.05) is 16.5 Å². The van der Waals surface area contributed by atoms with Crippen molar-refractivity contribution < 1.29 is 0 Å². The fourth-order valence-electron chi connectivity index (χ4n) is 3.39. The molecule has 0 amide bonds. The second kappa shape index (κ2) is 6.96. The molecule has 0 aliphatic carbocycles. The van der Waals surface area contributed by atoms with Crippen LogP contribution in [0, 0.1) is 32.1 Å². The summed E-state index contributed by atoms with van der Waals surface area (Å²) in [5.41, 5.74) is 8.86. The summed E-state index contributed by atoms with van der Waals surface area (Å²) in [4.78, 5) is 9.85. The molecule has 27 heavy (non-hydrogen) atoms. The smallest absolute Gasteiger partial charge is 0.0991 e. The third kappa shape index (κ3) is 3.90. The lowest BCUT2D eigenvalue weighted by molar-refractivity contribution is 0.568. The van der Waals surface area contributed by atoms with Crippen molar-refractivity contribution in [2.45, 2.75) is 47.0 Å². The van der Waals surface area contributed by atoms with E-state index < -0.39 is 0 Å². The predicted octanol–water partition coefficient (Wildman–Crippen LogP) is 5.91. The maximum atomic E-state index is 9.10. The molecule has 0 N–H and O–H groups in total. The van der Waals surface area contributed by atoms with E-state index in [1.165, 1.54) is 11.1 Å². The molecule has 1 heterocycles. The number of hydrogen-bond acceptors (Lipinski definition) is 3. The van der Waals surface area contributed by atoms with Gasteiger partial charge in [-0.15, -0.1) is 0 Å². The van der Waals surface area contributed by atoms with E-state index in [1.54, 1.807) is 0 Å². The van der Waals surface area contributed by atoms with Gasteiger partial charge in [0.2, 0.25) is 0 Å². The van der Waals surface area contributed by atoms with Gasteiger partial charge in [0.05, 0.1) is 34.9 Å². The van der Waals surface area contributed by atoms with Crippen molar-refractivity contribution >= 4 is 0 Å². The largest absolute Gasteiger partial charge is 0.252 e. The lowest BCUT2D eigenvalue weighted by Crippen LogP contribution is -2.17. The first-order valence-corrected chi connectivity index (χ1v) is 9.16. The molecule has 0 atom stereocenters. The molecule has 136 valence electrons. The van der Waals surface area contributed by atoms with Crippen molar-refractivity contribution in [3.63, 3.8) is 0 Å². The molecule has 0 saturated heterocycles. The average molecular weight is 355 g/mol. The van der Waals surface area contributed by atoms with Crippen LogP contribution in [0.15, 0.2) is 42.6 Å². The molecule has 0 saturated carbocycles. The average Bonchev–Trinajstić information content (AvgIpc) is 2.59. The summed E-state index contributed by atoms with van der Waals surface area (Å²) >= 11 is 0. The maximum absolute atomic E-state index is 9.10. The molecule has 0 fully saturated rings. The summed E-state index contributed by atoms with van der Waals surface area (Å²) in [6, 6.07) is 14.4. The van der Waals surface area contributed by atoms with Crippen LogP contribution in [0.3, 0.4) is 0 Å². The van der Waals surface area contributed by atoms with Crippen LogP contribution >= 0.6 is 0 Å². The Hall–Kier alpha value is -2.99. The van der Waals surface area contributed by atoms with Crippen LogP contribution in [0.25, 0.3) is 22.5 Å². The molecule has 3 rings (SSSR count). The lowest BCUT2D eigenvalue weighted by atomic mass is 9.87. The monoisotopic (exact) mass is 355 g/mol. The van der Waals surface area contributed by atoms with Crippen LogP contribution < -0.4 is 0 Å². The molecular formula is C24H25N3. The quantitative estimate of drug-likeness (QED) is 0.574. The van der Waals surface area contributed by atoms with Crippen molar-refractivity contribution in [3.05, 3.63) is 70.5 Å². The summed E-state index contributed by atoms with van der Waals surface area (Å²) < 4.78 is 0. The van der Waals surface area contributed by atoms with Crippen LogP contribution in [0.2, 0.25) is 0 Å². The number of aromatic nitrogens is 2. The van der Waals surface area contributed by atoms with Gasteiger partial charge in [0.25, 0.3) is 0 Å². The minimum Gasteiger partial charge on any atom is -0.252 e. The van der Waals surface area contributed by atoms with Crippen molar-refractivity contribution in [1.82, 2.24) is 9.97 Å². The van der Waals surface area contributed by atoms with E-state index >= 15 is 0 Å². The van der Waals surface area contributed by atoms with Crippen LogP contribution in [-0.4, -0.2) is 9.97 Å². The first kappa shape index (κ1) is 18.8. The Morgan fingerprint density at radius 3 is 2.15 bits per heavy atom. The van der Waals surface area contributed by atoms with E-state index in [2.05, 4.69) is 58.9 Å². The number of benzene rings is 2. The van der Waals surface area contributed by atoms with Crippen molar-refractivity contribution in [2.75, 3.05) is 0 Å². The van der Waals surface area contributed by atoms with Gasteiger partial charge in [-0.05, 0) is 50.6 Å². The second-order valence-electron chi connectivity index (χ2n) is 8.22. The number of rotatable bonds is 2. The minimum atomic E-state index is -0.142. The van der Waals surface area contributed by atoms with E-state index in [-0.39, 0.29) is 5.41 Å². The molecule has 2 aromatic carbocycles. The Bertz CT molecular complexity index is 1030. The molecule has 0 radical (unpaired) electrons. The number of hydrogen-bond donors (Lipinski definition) is 0. The summed E-state index contributed by atoms with van der Waals surface area (Å²) in [6.07, 6.45) is 1.84. The topological polar surface area (TPSA) is 49.6 Å². The van der Waals surface area contributed by atoms with E-state index in [0.29, 0.717) is 5.56 Å². The maximum Gasteiger partial charge on any atom is 0.0991 e. The fraction of sp³-hybridized carbons (Fsp3) is 0.292. The molecule has 0 unspecified atom stereocenters. The summed E-state index contributed by atoms with van der Waals surface area (Å²) in [5.74, 6) is 0. The second-order valence-corrected chi connectivity index (χ2v) is 8.22. The van der Waals surface area contributed by atoms with Gasteiger partial charge in [-0.3, -0.25) is 4.98 Å². The molecule has 0 aliphatic rings. The predicted molar refractivity (Wildman–Crippen MR) is 111 cm³/mol. The molecule has 3 heteroatoms. The van der Waals surface area contributed by atoms with Crippen molar-refractivity contribution in [2.24, 2.45) is 0 Å². The highest BCUT2D eigenvalue weighted by molar-refractivity contribution is 5.69. The Kier molecular flexibility index (Phi) is 4.85. The van der Waals surface area contributed by atoms with Crippen molar-refractivity contribution in [3.8, 4) is 28.6 Å². The number of nitrogens with zero attached hydrogens (tertiary/aromatic N) is 3. The van der Waals surface area contributed by atoms with Gasteiger partial charge in [0.1, 0.15) is 0 Å². The van der Waals surface area contributed by atoms with E-state index in [1.807, 2.05) is 31.3 Å². The Labute approximate surface area is 161 Å². The normalized spacial score (nSPS) is 11.3. The molecule has 0 bridgehead atoms. The molecular weight excluding hydrogens is 330 g/mol. The van der Waals surface area contributed by atoms with Gasteiger partial charge < -0.3 is 0 Å². The fourth-order valence-corrected chi connectivity index (χ4v) is 3.39. The van der Waals surface area contributed by atoms with E-state index in [4.69, 9.17) is 15.2 Å². The highest BCUT2D eigenvalue weighted by atomic mass is 14.8. The van der Waals surface area contributed by atoms with E-state index in [0.717, 1.165) is 33.8 Å². The van der Waals surface area contributed by atoms with Crippen LogP contribution in [0.5, 0.6) is 0 Å². The Morgan fingerprint density at radius 2 is 1.59 bits per heavy atom. The van der Waals surface area contributed by atoms with Gasteiger partial charge in [-0.25, -0.2) is 4.98 Å². The molecule has 0 aliphatic heterocycles. The van der Waals surface area contributed by atoms with Gasteiger partial charge >= 0.3 is 0 Å². The highest BCUT2D eigenvalue weighted by Crippen LogP contribution is 2.33. The zero-order valence-electron chi connectivity index (χ0n) is 16.9. The Balaban J connectivity index is 2.20. The summed E-state index contributed by atoms with van der Waals surface area (Å²) in [6.45, 7) is 12.7. The summed E-state index contributed by atoms with van der Waals surface area (Å²) in [7, 11) is 0. The van der Waals surface area contributed by atoms with Crippen molar-refractivity contribution in [1.29, 1.82) is 5.26 Å². The zero-order valence-corrected chi connectivity index (χ0v) is 16.9. The van der Waals surface area contributed by atoms with Gasteiger partial charge in [-0.1, -0.05) is 44.0 Å². The number of nitriles is 1. The minimum absolute atomic E-state index is 0.142. The first-order valence-electron chi connectivity index (χ1n) is 9.16. The molecule has 1 aromatic heterocycles. The van der Waals surface area contributed by atoms with Crippen LogP contribution in [0.4, 0.5) is 0 Å². The standard InChI is InChI=1S/C24H25N3/c1-15-9-16(2)11-19(10-15)22-23(24(4,5)6)27-21(14-26-22)20-8-7-18(13-25)12-17(20)3/h7-12,14H,1-6H3. The Morgan fingerprint density at radius 1 is 0.926 bits per heavy atom. The first-order chi connectivity index (χ1) is 12.7. The molecule has 3 aromatic rings. The van der Waals surface area contributed by atoms with Gasteiger partial charge in [0.15, 0.2) is 0 Å². The lowest BCUT2D eigenvalue weighted by Gasteiger charge is -2.22. The third-order valence-corrected chi connectivity index (χ3v) is 4.61. The van der Waals surface area contributed by atoms with Gasteiger partial charge in [-0.2, -0.15) is 5.26 Å². The highest BCUT2D eigenvalue weighted by Gasteiger charge is 2.23. The van der Waals surface area contributed by atoms with Crippen LogP contribution in [0.1, 0.15) is 48.7 Å². The molecule has 3 nitrogen and oxygen atoms in total.